The minimum atomic E-state index is 0.553. The Hall–Kier alpha value is -1.19. The summed E-state index contributed by atoms with van der Waals surface area (Å²) in [5, 5.41) is 3.67. The average Bonchev–Trinajstić information content (AvgIpc) is 2.96. The lowest BCUT2D eigenvalue weighted by atomic mass is 10.0. The number of aryl methyl sites for hydroxylation is 2. The number of nitrogens with one attached hydrogen (secondary N) is 1. The van der Waals surface area contributed by atoms with Gasteiger partial charge in [0, 0.05) is 17.1 Å². The fourth-order valence-electron chi connectivity index (χ4n) is 2.31. The molecule has 0 bridgehead atoms. The summed E-state index contributed by atoms with van der Waals surface area (Å²) in [4.78, 5) is 5.55. The molecule has 1 aromatic heterocycles. The zero-order chi connectivity index (χ0) is 14.2. The Morgan fingerprint density at radius 2 is 2.05 bits per heavy atom. The van der Waals surface area contributed by atoms with Gasteiger partial charge in [-0.3, -0.25) is 4.98 Å². The number of hydrogen-bond acceptors (Lipinski definition) is 3. The van der Waals surface area contributed by atoms with Gasteiger partial charge in [0.1, 0.15) is 0 Å². The highest BCUT2D eigenvalue weighted by Crippen LogP contribution is 2.13. The number of rotatable bonds is 8. The SMILES string of the molecule is CCCNC(CCc1ccc(C)cc1)Cc1cncs1. The van der Waals surface area contributed by atoms with E-state index in [4.69, 9.17) is 0 Å². The van der Waals surface area contributed by atoms with Crippen LogP contribution in [-0.2, 0) is 12.8 Å². The molecule has 1 atom stereocenters. The molecular formula is C17H24N2S. The van der Waals surface area contributed by atoms with Gasteiger partial charge in [0.2, 0.25) is 0 Å². The quantitative estimate of drug-likeness (QED) is 0.794. The highest BCUT2D eigenvalue weighted by Gasteiger charge is 2.10. The van der Waals surface area contributed by atoms with Crippen molar-refractivity contribution in [1.82, 2.24) is 10.3 Å². The molecule has 1 N–H and O–H groups in total. The third-order valence-corrected chi connectivity index (χ3v) is 4.32. The molecule has 2 rings (SSSR count). The molecule has 0 saturated carbocycles. The van der Waals surface area contributed by atoms with Crippen LogP contribution in [0.1, 0.15) is 35.8 Å². The summed E-state index contributed by atoms with van der Waals surface area (Å²) in [5.41, 5.74) is 4.69. The molecule has 0 aliphatic carbocycles. The van der Waals surface area contributed by atoms with Crippen LogP contribution >= 0.6 is 11.3 Å². The molecule has 0 aliphatic rings. The predicted octanol–water partition coefficient (Wildman–Crippen LogP) is 4.00. The van der Waals surface area contributed by atoms with Gasteiger partial charge in [-0.2, -0.15) is 0 Å². The Balaban J connectivity index is 1.87. The summed E-state index contributed by atoms with van der Waals surface area (Å²) in [6.07, 6.45) is 6.60. The zero-order valence-electron chi connectivity index (χ0n) is 12.4. The molecule has 0 spiro atoms. The van der Waals surface area contributed by atoms with E-state index >= 15 is 0 Å². The number of benzene rings is 1. The number of hydrogen-bond donors (Lipinski definition) is 1. The van der Waals surface area contributed by atoms with Crippen LogP contribution in [0.15, 0.2) is 36.0 Å². The Kier molecular flexibility index (Phi) is 6.22. The minimum Gasteiger partial charge on any atom is -0.314 e. The molecule has 0 saturated heterocycles. The van der Waals surface area contributed by atoms with Crippen molar-refractivity contribution in [3.05, 3.63) is 52.0 Å². The van der Waals surface area contributed by atoms with Crippen molar-refractivity contribution in [3.8, 4) is 0 Å². The van der Waals surface area contributed by atoms with E-state index in [1.54, 1.807) is 11.3 Å². The van der Waals surface area contributed by atoms with Gasteiger partial charge in [-0.1, -0.05) is 36.8 Å². The van der Waals surface area contributed by atoms with E-state index in [9.17, 15) is 0 Å². The van der Waals surface area contributed by atoms with Gasteiger partial charge in [0.25, 0.3) is 0 Å². The maximum absolute atomic E-state index is 4.17. The standard InChI is InChI=1S/C17H24N2S/c1-3-10-19-16(11-17-12-18-13-20-17)9-8-15-6-4-14(2)5-7-15/h4-7,12-13,16,19H,3,8-11H2,1-2H3. The summed E-state index contributed by atoms with van der Waals surface area (Å²) in [7, 11) is 0. The first-order chi connectivity index (χ1) is 9.78. The van der Waals surface area contributed by atoms with Gasteiger partial charge in [0.15, 0.2) is 0 Å². The van der Waals surface area contributed by atoms with E-state index in [0.29, 0.717) is 6.04 Å². The monoisotopic (exact) mass is 288 g/mol. The van der Waals surface area contributed by atoms with Crippen LogP contribution in [0.5, 0.6) is 0 Å². The van der Waals surface area contributed by atoms with Crippen LogP contribution in [0.25, 0.3) is 0 Å². The van der Waals surface area contributed by atoms with Gasteiger partial charge in [-0.05, 0) is 44.7 Å². The Morgan fingerprint density at radius 3 is 2.70 bits per heavy atom. The fraction of sp³-hybridized carbons (Fsp3) is 0.471. The van der Waals surface area contributed by atoms with E-state index in [2.05, 4.69) is 48.4 Å². The molecule has 108 valence electrons. The molecule has 0 fully saturated rings. The number of nitrogens with zero attached hydrogens (tertiary/aromatic N) is 1. The highest BCUT2D eigenvalue weighted by atomic mass is 32.1. The van der Waals surface area contributed by atoms with Gasteiger partial charge in [-0.15, -0.1) is 11.3 Å². The number of aromatic nitrogens is 1. The molecule has 2 nitrogen and oxygen atoms in total. The van der Waals surface area contributed by atoms with Crippen LogP contribution in [0.3, 0.4) is 0 Å². The molecule has 0 aliphatic heterocycles. The lowest BCUT2D eigenvalue weighted by molar-refractivity contribution is 0.480. The van der Waals surface area contributed by atoms with E-state index in [-0.39, 0.29) is 0 Å². The van der Waals surface area contributed by atoms with E-state index in [1.807, 2.05) is 11.7 Å². The molecule has 2 aromatic rings. The smallest absolute Gasteiger partial charge is 0.0794 e. The Morgan fingerprint density at radius 1 is 1.25 bits per heavy atom. The first kappa shape index (κ1) is 15.2. The lowest BCUT2D eigenvalue weighted by Crippen LogP contribution is -2.32. The van der Waals surface area contributed by atoms with Crippen LogP contribution in [-0.4, -0.2) is 17.6 Å². The van der Waals surface area contributed by atoms with Crippen molar-refractivity contribution in [1.29, 1.82) is 0 Å². The van der Waals surface area contributed by atoms with Crippen molar-refractivity contribution in [2.45, 2.75) is 45.6 Å². The van der Waals surface area contributed by atoms with Crippen LogP contribution < -0.4 is 5.32 Å². The van der Waals surface area contributed by atoms with Crippen molar-refractivity contribution in [2.75, 3.05) is 6.54 Å². The topological polar surface area (TPSA) is 24.9 Å². The molecule has 3 heteroatoms. The number of thiazole rings is 1. The molecule has 0 radical (unpaired) electrons. The van der Waals surface area contributed by atoms with Gasteiger partial charge in [-0.25, -0.2) is 0 Å². The summed E-state index contributed by atoms with van der Waals surface area (Å²) in [6.45, 7) is 5.45. The Bertz CT molecular complexity index is 476. The zero-order valence-corrected chi connectivity index (χ0v) is 13.2. The van der Waals surface area contributed by atoms with Crippen molar-refractivity contribution in [2.24, 2.45) is 0 Å². The molecule has 1 unspecified atom stereocenters. The first-order valence-electron chi connectivity index (χ1n) is 7.44. The third kappa shape index (κ3) is 5.06. The average molecular weight is 288 g/mol. The maximum atomic E-state index is 4.17. The summed E-state index contributed by atoms with van der Waals surface area (Å²) in [6, 6.07) is 9.45. The molecule has 1 heterocycles. The largest absolute Gasteiger partial charge is 0.314 e. The second-order valence-electron chi connectivity index (χ2n) is 5.35. The van der Waals surface area contributed by atoms with Crippen molar-refractivity contribution in [3.63, 3.8) is 0 Å². The Labute approximate surface area is 126 Å². The van der Waals surface area contributed by atoms with E-state index in [0.717, 1.165) is 19.4 Å². The van der Waals surface area contributed by atoms with Crippen LogP contribution in [0.4, 0.5) is 0 Å². The summed E-state index contributed by atoms with van der Waals surface area (Å²) in [5.74, 6) is 0. The fourth-order valence-corrected chi connectivity index (χ4v) is 2.98. The summed E-state index contributed by atoms with van der Waals surface area (Å²) >= 11 is 1.76. The summed E-state index contributed by atoms with van der Waals surface area (Å²) < 4.78 is 0. The molecule has 0 amide bonds. The second-order valence-corrected chi connectivity index (χ2v) is 6.32. The van der Waals surface area contributed by atoms with E-state index < -0.39 is 0 Å². The second kappa shape index (κ2) is 8.18. The first-order valence-corrected chi connectivity index (χ1v) is 8.32. The minimum absolute atomic E-state index is 0.553. The van der Waals surface area contributed by atoms with Crippen molar-refractivity contribution < 1.29 is 0 Å². The van der Waals surface area contributed by atoms with Crippen LogP contribution in [0.2, 0.25) is 0 Å². The van der Waals surface area contributed by atoms with Gasteiger partial charge in [0.05, 0.1) is 5.51 Å². The third-order valence-electron chi connectivity index (χ3n) is 3.52. The molecule has 20 heavy (non-hydrogen) atoms. The highest BCUT2D eigenvalue weighted by molar-refractivity contribution is 7.09. The predicted molar refractivity (Wildman–Crippen MR) is 87.4 cm³/mol. The van der Waals surface area contributed by atoms with E-state index in [1.165, 1.54) is 28.8 Å². The van der Waals surface area contributed by atoms with Gasteiger partial charge >= 0.3 is 0 Å². The van der Waals surface area contributed by atoms with Gasteiger partial charge < -0.3 is 5.32 Å². The lowest BCUT2D eigenvalue weighted by Gasteiger charge is -2.17. The molecular weight excluding hydrogens is 264 g/mol. The van der Waals surface area contributed by atoms with Crippen molar-refractivity contribution >= 4 is 11.3 Å². The maximum Gasteiger partial charge on any atom is 0.0794 e. The normalized spacial score (nSPS) is 12.5. The molecule has 1 aromatic carbocycles. The van der Waals surface area contributed by atoms with Crippen LogP contribution in [0, 0.1) is 6.92 Å².